The van der Waals surface area contributed by atoms with Crippen LogP contribution in [0.1, 0.15) is 30.0 Å². The first-order chi connectivity index (χ1) is 14.7. The van der Waals surface area contributed by atoms with Gasteiger partial charge >= 0.3 is 5.97 Å². The molecule has 1 fully saturated rings. The highest BCUT2D eigenvalue weighted by atomic mass is 16.4. The van der Waals surface area contributed by atoms with E-state index in [9.17, 15) is 9.90 Å². The smallest absolute Gasteiger partial charge is 0.307 e. The Labute approximate surface area is 175 Å². The van der Waals surface area contributed by atoms with E-state index in [0.717, 1.165) is 35.9 Å². The molecule has 30 heavy (non-hydrogen) atoms. The van der Waals surface area contributed by atoms with Crippen molar-refractivity contribution in [2.75, 3.05) is 13.1 Å². The number of piperidine rings is 1. The SMILES string of the molecule is O=C(O)C1CCCN(C(c2cnc3ccccc3c2)c2cccc3ccccc23)C1. The van der Waals surface area contributed by atoms with E-state index in [1.807, 2.05) is 24.4 Å². The maximum absolute atomic E-state index is 11.7. The molecule has 1 aliphatic heterocycles. The summed E-state index contributed by atoms with van der Waals surface area (Å²) in [7, 11) is 0. The van der Waals surface area contributed by atoms with E-state index >= 15 is 0 Å². The third-order valence-electron chi connectivity index (χ3n) is 6.21. The standard InChI is InChI=1S/C26H24N2O2/c29-26(30)20-10-6-14-28(17-20)25(21-15-19-8-2-4-13-24(19)27-16-21)23-12-5-9-18-7-1-3-11-22(18)23/h1-5,7-9,11-13,15-16,20,25H,6,10,14,17H2,(H,29,30). The molecule has 1 aliphatic rings. The predicted octanol–water partition coefficient (Wildman–Crippen LogP) is 5.27. The summed E-state index contributed by atoms with van der Waals surface area (Å²) in [6.07, 6.45) is 3.59. The van der Waals surface area contributed by atoms with Crippen molar-refractivity contribution in [3.63, 3.8) is 0 Å². The fourth-order valence-electron chi connectivity index (χ4n) is 4.76. The van der Waals surface area contributed by atoms with Crippen LogP contribution in [0.4, 0.5) is 0 Å². The number of nitrogens with zero attached hydrogens (tertiary/aromatic N) is 2. The first-order valence-corrected chi connectivity index (χ1v) is 10.5. The van der Waals surface area contributed by atoms with Gasteiger partial charge in [-0.05, 0) is 53.4 Å². The number of benzene rings is 3. The van der Waals surface area contributed by atoms with Gasteiger partial charge in [0.1, 0.15) is 0 Å². The summed E-state index contributed by atoms with van der Waals surface area (Å²) in [6, 6.07) is 25.1. The van der Waals surface area contributed by atoms with Crippen molar-refractivity contribution >= 4 is 27.6 Å². The Bertz CT molecular complexity index is 1210. The summed E-state index contributed by atoms with van der Waals surface area (Å²) >= 11 is 0. The van der Waals surface area contributed by atoms with Crippen molar-refractivity contribution in [3.8, 4) is 0 Å². The Hall–Kier alpha value is -3.24. The quantitative estimate of drug-likeness (QED) is 0.510. The van der Waals surface area contributed by atoms with Crippen LogP contribution in [0.5, 0.6) is 0 Å². The zero-order chi connectivity index (χ0) is 20.5. The van der Waals surface area contributed by atoms with Crippen molar-refractivity contribution in [2.45, 2.75) is 18.9 Å². The molecular formula is C26H24N2O2. The number of pyridine rings is 1. The zero-order valence-electron chi connectivity index (χ0n) is 16.7. The van der Waals surface area contributed by atoms with Crippen LogP contribution in [-0.2, 0) is 4.79 Å². The van der Waals surface area contributed by atoms with Gasteiger partial charge in [0.15, 0.2) is 0 Å². The summed E-state index contributed by atoms with van der Waals surface area (Å²) in [5.41, 5.74) is 3.28. The molecule has 0 spiro atoms. The highest BCUT2D eigenvalue weighted by Gasteiger charge is 2.32. The second-order valence-corrected chi connectivity index (χ2v) is 8.10. The number of carboxylic acid groups (broad SMARTS) is 1. The van der Waals surface area contributed by atoms with Crippen molar-refractivity contribution in [1.29, 1.82) is 0 Å². The van der Waals surface area contributed by atoms with E-state index < -0.39 is 5.97 Å². The van der Waals surface area contributed by atoms with Crippen LogP contribution in [0.2, 0.25) is 0 Å². The number of hydrogen-bond donors (Lipinski definition) is 1. The van der Waals surface area contributed by atoms with E-state index in [-0.39, 0.29) is 12.0 Å². The fraction of sp³-hybridized carbons (Fsp3) is 0.231. The molecule has 150 valence electrons. The number of aliphatic carboxylic acids is 1. The van der Waals surface area contributed by atoms with E-state index in [1.165, 1.54) is 16.3 Å². The maximum atomic E-state index is 11.7. The molecule has 0 saturated carbocycles. The van der Waals surface area contributed by atoms with Gasteiger partial charge in [-0.1, -0.05) is 60.7 Å². The lowest BCUT2D eigenvalue weighted by atomic mass is 9.89. The lowest BCUT2D eigenvalue weighted by Gasteiger charge is -2.38. The van der Waals surface area contributed by atoms with Gasteiger partial charge in [0, 0.05) is 18.1 Å². The van der Waals surface area contributed by atoms with Crippen molar-refractivity contribution in [1.82, 2.24) is 9.88 Å². The van der Waals surface area contributed by atoms with Gasteiger partial charge in [0.25, 0.3) is 0 Å². The number of fused-ring (bicyclic) bond motifs is 2. The molecule has 4 heteroatoms. The van der Waals surface area contributed by atoms with E-state index in [0.29, 0.717) is 6.54 Å². The summed E-state index contributed by atoms with van der Waals surface area (Å²) < 4.78 is 0. The average Bonchev–Trinajstić information content (AvgIpc) is 2.79. The van der Waals surface area contributed by atoms with Gasteiger partial charge in [-0.15, -0.1) is 0 Å². The summed E-state index contributed by atoms with van der Waals surface area (Å²) in [5.74, 6) is -1.03. The monoisotopic (exact) mass is 396 g/mol. The highest BCUT2D eigenvalue weighted by Crippen LogP contribution is 2.36. The first kappa shape index (κ1) is 18.8. The molecule has 1 N–H and O–H groups in total. The zero-order valence-corrected chi connectivity index (χ0v) is 16.7. The predicted molar refractivity (Wildman–Crippen MR) is 119 cm³/mol. The molecular weight excluding hydrogens is 372 g/mol. The molecule has 2 atom stereocenters. The van der Waals surface area contributed by atoms with Gasteiger partial charge in [-0.3, -0.25) is 14.7 Å². The molecule has 0 aliphatic carbocycles. The molecule has 0 amide bonds. The van der Waals surface area contributed by atoms with Gasteiger partial charge in [-0.2, -0.15) is 0 Å². The summed E-state index contributed by atoms with van der Waals surface area (Å²) in [5, 5.41) is 13.2. The number of likely N-dealkylation sites (tertiary alicyclic amines) is 1. The van der Waals surface area contributed by atoms with Gasteiger partial charge < -0.3 is 5.11 Å². The molecule has 0 radical (unpaired) electrons. The molecule has 4 aromatic rings. The number of carboxylic acids is 1. The molecule has 4 nitrogen and oxygen atoms in total. The number of aromatic nitrogens is 1. The normalized spacial score (nSPS) is 18.5. The van der Waals surface area contributed by atoms with E-state index in [1.54, 1.807) is 0 Å². The van der Waals surface area contributed by atoms with Crippen LogP contribution >= 0.6 is 0 Å². The number of para-hydroxylation sites is 1. The second kappa shape index (κ2) is 7.88. The molecule has 1 aromatic heterocycles. The molecule has 2 heterocycles. The van der Waals surface area contributed by atoms with Crippen LogP contribution in [0.3, 0.4) is 0 Å². The Morgan fingerprint density at radius 3 is 2.63 bits per heavy atom. The highest BCUT2D eigenvalue weighted by molar-refractivity contribution is 5.87. The van der Waals surface area contributed by atoms with Crippen LogP contribution in [0, 0.1) is 5.92 Å². The number of hydrogen-bond acceptors (Lipinski definition) is 3. The average molecular weight is 396 g/mol. The Morgan fingerprint density at radius 1 is 1.00 bits per heavy atom. The van der Waals surface area contributed by atoms with E-state index in [4.69, 9.17) is 4.98 Å². The minimum atomic E-state index is -0.701. The van der Waals surface area contributed by atoms with Crippen molar-refractivity contribution in [2.24, 2.45) is 5.92 Å². The van der Waals surface area contributed by atoms with Crippen LogP contribution < -0.4 is 0 Å². The molecule has 1 saturated heterocycles. The lowest BCUT2D eigenvalue weighted by Crippen LogP contribution is -2.41. The largest absolute Gasteiger partial charge is 0.481 e. The Morgan fingerprint density at radius 2 is 1.77 bits per heavy atom. The summed E-state index contributed by atoms with van der Waals surface area (Å²) in [6.45, 7) is 1.43. The fourth-order valence-corrected chi connectivity index (χ4v) is 4.76. The van der Waals surface area contributed by atoms with Crippen LogP contribution in [0.25, 0.3) is 21.7 Å². The molecule has 0 bridgehead atoms. The van der Waals surface area contributed by atoms with Gasteiger partial charge in [0.05, 0.1) is 17.5 Å². The number of rotatable bonds is 4. The number of carbonyl (C=O) groups is 1. The lowest BCUT2D eigenvalue weighted by molar-refractivity contribution is -0.143. The van der Waals surface area contributed by atoms with E-state index in [2.05, 4.69) is 59.5 Å². The molecule has 3 aromatic carbocycles. The van der Waals surface area contributed by atoms with Gasteiger partial charge in [-0.25, -0.2) is 0 Å². The topological polar surface area (TPSA) is 53.4 Å². The minimum Gasteiger partial charge on any atom is -0.481 e. The Balaban J connectivity index is 1.67. The van der Waals surface area contributed by atoms with Crippen molar-refractivity contribution in [3.05, 3.63) is 90.1 Å². The minimum absolute atomic E-state index is 0.0321. The first-order valence-electron chi connectivity index (χ1n) is 10.5. The molecule has 5 rings (SSSR count). The van der Waals surface area contributed by atoms with Crippen molar-refractivity contribution < 1.29 is 9.90 Å². The maximum Gasteiger partial charge on any atom is 0.307 e. The summed E-state index contributed by atoms with van der Waals surface area (Å²) in [4.78, 5) is 18.8. The van der Waals surface area contributed by atoms with Crippen LogP contribution in [-0.4, -0.2) is 34.0 Å². The third kappa shape index (κ3) is 3.44. The second-order valence-electron chi connectivity index (χ2n) is 8.10. The third-order valence-corrected chi connectivity index (χ3v) is 6.21. The molecule has 2 unspecified atom stereocenters. The van der Waals surface area contributed by atoms with Gasteiger partial charge in [0.2, 0.25) is 0 Å². The Kier molecular flexibility index (Phi) is 4.93. The van der Waals surface area contributed by atoms with Crippen LogP contribution in [0.15, 0.2) is 79.0 Å².